The normalized spacial score (nSPS) is 16.6. The van der Waals surface area contributed by atoms with E-state index in [0.29, 0.717) is 13.0 Å². The van der Waals surface area contributed by atoms with Crippen LogP contribution in [-0.2, 0) is 4.79 Å². The van der Waals surface area contributed by atoms with E-state index < -0.39 is 5.54 Å². The zero-order valence-electron chi connectivity index (χ0n) is 9.37. The molecule has 80 valence electrons. The average Bonchev–Trinajstić information content (AvgIpc) is 2.16. The largest absolute Gasteiger partial charge is 0.343 e. The Morgan fingerprint density at radius 2 is 2.21 bits per heavy atom. The fraction of sp³-hybridized carbons (Fsp3) is 0.800. The number of nitrogens with two attached hydrogens (primary N) is 1. The summed E-state index contributed by atoms with van der Waals surface area (Å²) in [6.07, 6.45) is 0.594. The Labute approximate surface area is 85.7 Å². The summed E-state index contributed by atoms with van der Waals surface area (Å²) in [4.78, 5) is 13.3. The molecule has 4 nitrogen and oxygen atoms in total. The number of nitriles is 1. The van der Waals surface area contributed by atoms with Crippen LogP contribution in [0.3, 0.4) is 0 Å². The quantitative estimate of drug-likeness (QED) is 0.722. The van der Waals surface area contributed by atoms with Gasteiger partial charge >= 0.3 is 0 Å². The van der Waals surface area contributed by atoms with E-state index in [2.05, 4.69) is 6.07 Å². The summed E-state index contributed by atoms with van der Waals surface area (Å²) in [5, 5.41) is 8.61. The SMILES string of the molecule is CCC(C)(N)C(=O)N(C)CC(C)C#N. The van der Waals surface area contributed by atoms with Gasteiger partial charge in [0.2, 0.25) is 5.91 Å². The van der Waals surface area contributed by atoms with Crippen LogP contribution >= 0.6 is 0 Å². The lowest BCUT2D eigenvalue weighted by Crippen LogP contribution is -2.52. The van der Waals surface area contributed by atoms with Gasteiger partial charge in [-0.15, -0.1) is 0 Å². The Balaban J connectivity index is 4.34. The lowest BCUT2D eigenvalue weighted by Gasteiger charge is -2.28. The fourth-order valence-corrected chi connectivity index (χ4v) is 1.12. The van der Waals surface area contributed by atoms with Gasteiger partial charge in [-0.25, -0.2) is 0 Å². The van der Waals surface area contributed by atoms with E-state index >= 15 is 0 Å². The molecular formula is C10H19N3O. The molecule has 2 unspecified atom stereocenters. The van der Waals surface area contributed by atoms with Gasteiger partial charge in [-0.2, -0.15) is 5.26 Å². The van der Waals surface area contributed by atoms with E-state index in [1.54, 1.807) is 20.9 Å². The van der Waals surface area contributed by atoms with Crippen molar-refractivity contribution in [2.24, 2.45) is 11.7 Å². The Bertz CT molecular complexity index is 242. The summed E-state index contributed by atoms with van der Waals surface area (Å²) < 4.78 is 0. The Morgan fingerprint density at radius 1 is 1.71 bits per heavy atom. The average molecular weight is 197 g/mol. The van der Waals surface area contributed by atoms with Crippen LogP contribution in [0, 0.1) is 17.2 Å². The maximum absolute atomic E-state index is 11.7. The minimum atomic E-state index is -0.816. The highest BCUT2D eigenvalue weighted by Gasteiger charge is 2.29. The van der Waals surface area contributed by atoms with Gasteiger partial charge in [0.1, 0.15) is 0 Å². The molecule has 1 amide bonds. The summed E-state index contributed by atoms with van der Waals surface area (Å²) in [5.41, 5.74) is 4.99. The molecule has 0 aromatic rings. The number of amides is 1. The monoisotopic (exact) mass is 197 g/mol. The van der Waals surface area contributed by atoms with Crippen molar-refractivity contribution in [2.45, 2.75) is 32.7 Å². The number of carbonyl (C=O) groups is 1. The van der Waals surface area contributed by atoms with Crippen molar-refractivity contribution in [1.82, 2.24) is 4.90 Å². The second-order valence-electron chi connectivity index (χ2n) is 3.99. The van der Waals surface area contributed by atoms with Crippen molar-refractivity contribution in [3.05, 3.63) is 0 Å². The summed E-state index contributed by atoms with van der Waals surface area (Å²) in [5.74, 6) is -0.265. The van der Waals surface area contributed by atoms with E-state index in [4.69, 9.17) is 11.0 Å². The van der Waals surface area contributed by atoms with Crippen LogP contribution in [0.15, 0.2) is 0 Å². The van der Waals surface area contributed by atoms with Gasteiger partial charge in [0.25, 0.3) is 0 Å². The first-order valence-electron chi connectivity index (χ1n) is 4.79. The van der Waals surface area contributed by atoms with Crippen LogP contribution in [0.1, 0.15) is 27.2 Å². The zero-order chi connectivity index (χ0) is 11.4. The molecule has 14 heavy (non-hydrogen) atoms. The Morgan fingerprint density at radius 3 is 2.57 bits per heavy atom. The van der Waals surface area contributed by atoms with E-state index in [1.807, 2.05) is 6.92 Å². The zero-order valence-corrected chi connectivity index (χ0v) is 9.37. The Kier molecular flexibility index (Phi) is 4.58. The minimum absolute atomic E-state index is 0.109. The number of nitrogens with zero attached hydrogens (tertiary/aromatic N) is 2. The standard InChI is InChI=1S/C10H19N3O/c1-5-10(3,12)9(14)13(4)7-8(2)6-11/h8H,5,7,12H2,1-4H3. The molecule has 2 atom stereocenters. The van der Waals surface area contributed by atoms with Crippen LogP contribution < -0.4 is 5.73 Å². The highest BCUT2D eigenvalue weighted by atomic mass is 16.2. The third-order valence-electron chi connectivity index (χ3n) is 2.34. The smallest absolute Gasteiger partial charge is 0.242 e. The molecule has 0 bridgehead atoms. The van der Waals surface area contributed by atoms with E-state index in [-0.39, 0.29) is 11.8 Å². The molecular weight excluding hydrogens is 178 g/mol. The van der Waals surface area contributed by atoms with Gasteiger partial charge in [-0.3, -0.25) is 4.79 Å². The minimum Gasteiger partial charge on any atom is -0.343 e. The molecule has 0 aliphatic rings. The molecule has 0 aromatic heterocycles. The molecule has 2 N–H and O–H groups in total. The number of hydrogen-bond acceptors (Lipinski definition) is 3. The molecule has 0 saturated carbocycles. The van der Waals surface area contributed by atoms with Crippen LogP contribution in [0.25, 0.3) is 0 Å². The molecule has 0 rings (SSSR count). The molecule has 0 spiro atoms. The molecule has 0 radical (unpaired) electrons. The first-order valence-corrected chi connectivity index (χ1v) is 4.79. The van der Waals surface area contributed by atoms with E-state index in [0.717, 1.165) is 0 Å². The Hall–Kier alpha value is -1.08. The predicted octanol–water partition coefficient (Wildman–Crippen LogP) is 0.732. The van der Waals surface area contributed by atoms with Gasteiger partial charge in [-0.1, -0.05) is 6.92 Å². The maximum atomic E-state index is 11.7. The third kappa shape index (κ3) is 3.35. The van der Waals surface area contributed by atoms with Crippen molar-refractivity contribution >= 4 is 5.91 Å². The lowest BCUT2D eigenvalue weighted by atomic mass is 9.98. The first kappa shape index (κ1) is 12.9. The van der Waals surface area contributed by atoms with Crippen molar-refractivity contribution < 1.29 is 4.79 Å². The maximum Gasteiger partial charge on any atom is 0.242 e. The fourth-order valence-electron chi connectivity index (χ4n) is 1.12. The number of rotatable bonds is 4. The van der Waals surface area contributed by atoms with Crippen molar-refractivity contribution in [2.75, 3.05) is 13.6 Å². The molecule has 0 heterocycles. The number of likely N-dealkylation sites (N-methyl/N-ethyl adjacent to an activating group) is 1. The summed E-state index contributed by atoms with van der Waals surface area (Å²) in [7, 11) is 1.68. The van der Waals surface area contributed by atoms with Gasteiger partial charge in [0.05, 0.1) is 17.5 Å². The second-order valence-corrected chi connectivity index (χ2v) is 3.99. The van der Waals surface area contributed by atoms with Crippen molar-refractivity contribution in [3.63, 3.8) is 0 Å². The number of hydrogen-bond donors (Lipinski definition) is 1. The molecule has 0 aromatic carbocycles. The highest BCUT2D eigenvalue weighted by Crippen LogP contribution is 2.09. The summed E-state index contributed by atoms with van der Waals surface area (Å²) in [6, 6.07) is 2.09. The predicted molar refractivity (Wildman–Crippen MR) is 55.3 cm³/mol. The van der Waals surface area contributed by atoms with Crippen LogP contribution in [0.4, 0.5) is 0 Å². The van der Waals surface area contributed by atoms with Crippen molar-refractivity contribution in [1.29, 1.82) is 5.26 Å². The molecule has 0 saturated heterocycles. The van der Waals surface area contributed by atoms with Crippen molar-refractivity contribution in [3.8, 4) is 6.07 Å². The third-order valence-corrected chi connectivity index (χ3v) is 2.34. The van der Waals surface area contributed by atoms with Crippen LogP contribution in [-0.4, -0.2) is 29.9 Å². The van der Waals surface area contributed by atoms with Gasteiger partial charge in [0.15, 0.2) is 0 Å². The highest BCUT2D eigenvalue weighted by molar-refractivity contribution is 5.85. The van der Waals surface area contributed by atoms with E-state index in [1.165, 1.54) is 4.90 Å². The van der Waals surface area contributed by atoms with Gasteiger partial charge < -0.3 is 10.6 Å². The lowest BCUT2D eigenvalue weighted by molar-refractivity contribution is -0.135. The molecule has 0 aliphatic heterocycles. The van der Waals surface area contributed by atoms with Crippen LogP contribution in [0.2, 0.25) is 0 Å². The van der Waals surface area contributed by atoms with E-state index in [9.17, 15) is 4.79 Å². The summed E-state index contributed by atoms with van der Waals surface area (Å²) >= 11 is 0. The molecule has 4 heteroatoms. The first-order chi connectivity index (χ1) is 6.35. The van der Waals surface area contributed by atoms with Crippen LogP contribution in [0.5, 0.6) is 0 Å². The second kappa shape index (κ2) is 4.97. The molecule has 0 fully saturated rings. The van der Waals surface area contributed by atoms with Gasteiger partial charge in [0, 0.05) is 13.6 Å². The topological polar surface area (TPSA) is 70.1 Å². The van der Waals surface area contributed by atoms with Gasteiger partial charge in [-0.05, 0) is 20.3 Å². The summed E-state index contributed by atoms with van der Waals surface area (Å²) in [6.45, 7) is 5.80. The number of carbonyl (C=O) groups excluding carboxylic acids is 1. The molecule has 0 aliphatic carbocycles.